The summed E-state index contributed by atoms with van der Waals surface area (Å²) in [5.74, 6) is -12.5. The average Bonchev–Trinajstić information content (AvgIpc) is 1.33. The van der Waals surface area contributed by atoms with Crippen molar-refractivity contribution in [3.8, 4) is 0 Å². The van der Waals surface area contributed by atoms with Crippen LogP contribution in [-0.4, -0.2) is 491 Å². The maximum Gasteiger partial charge on any atom is 0.366 e. The van der Waals surface area contributed by atoms with Gasteiger partial charge in [0.25, 0.3) is 0 Å². The molecule has 125 heavy (non-hydrogen) atoms. The van der Waals surface area contributed by atoms with E-state index in [1.54, 1.807) is 7.12 Å². The minimum atomic E-state index is -2.42. The largest absolute Gasteiger partial charge is 0.479 e. The third kappa shape index (κ3) is 22.7. The lowest BCUT2D eigenvalue weighted by Crippen LogP contribution is -2.71. The van der Waals surface area contributed by atoms with Crippen molar-refractivity contribution in [2.45, 2.75) is 284 Å². The molecule has 0 aromatic rings. The van der Waals surface area contributed by atoms with Crippen molar-refractivity contribution in [3.63, 3.8) is 0 Å². The van der Waals surface area contributed by atoms with E-state index in [2.05, 4.69) is 37.0 Å². The maximum atomic E-state index is 14.4. The van der Waals surface area contributed by atoms with E-state index in [9.17, 15) is 149 Å². The first-order valence-electron chi connectivity index (χ1n) is 39.0. The van der Waals surface area contributed by atoms with Gasteiger partial charge in [0.15, 0.2) is 69.3 Å². The van der Waals surface area contributed by atoms with E-state index in [1.165, 1.54) is 0 Å². The van der Waals surface area contributed by atoms with Crippen LogP contribution in [0, 0.1) is 0 Å². The molecule has 10 aliphatic heterocycles. The van der Waals surface area contributed by atoms with Gasteiger partial charge in [-0.25, -0.2) is 16.4 Å². The number of carboxylic acids is 1. The molecule has 700 valence electrons. The van der Waals surface area contributed by atoms with Crippen LogP contribution in [0.15, 0.2) is 0 Å². The van der Waals surface area contributed by atoms with Crippen molar-refractivity contribution in [3.05, 3.63) is 0 Å². The first-order chi connectivity index (χ1) is 59.1. The molecule has 0 aliphatic carbocycles. The molecule has 10 saturated heterocycles. The van der Waals surface area contributed by atoms with Crippen molar-refractivity contribution in [2.75, 3.05) is 46.8 Å². The van der Waals surface area contributed by atoms with Crippen LogP contribution in [-0.2, 0) is 129 Å². The minimum Gasteiger partial charge on any atom is -0.479 e. The second-order valence-electron chi connectivity index (χ2n) is 30.5. The standard InChI is InChI=1S/C65H101B4N9O45S2/c1-14(83)70-18-12-110-20(8-79)30(89)43(18)114-63-41(100)37(96)48(52(122-63)55(103)75-68-77-26(87)6-24(124-66)57(77)105)118-60-28(72-16(3)85)45(32(91)22(10-81)112-60)116-62-39(98)34(93)35(94)50(120-62)54(102)74-67-78-27(88)7-25(58(78)106)125-69-76-56(104)51-47(109-5)36(95)40(99)65(121-51)117-46-29(73-17(4)86)61(113-23(11-82)33(46)92)119-49-38(97)42(101)64(123-53(49)59(107)108)115-44-19(71-15(2)84)13-111-21(9-80)31(44)90/h18-25,28-53,60-65,67-69,79-82,89-101H,6-13,66H2,1-5H3,(H,70,83)(H,71,84)(H,72,85)(H,73,86)(H,74,102)(H,75,103)(H,76,104)(H,107,108). The van der Waals surface area contributed by atoms with Gasteiger partial charge in [0.2, 0.25) is 65.0 Å². The van der Waals surface area contributed by atoms with Crippen LogP contribution >= 0.6 is 23.2 Å². The maximum absolute atomic E-state index is 14.4. The molecular weight excluding hydrogens is 1730 g/mol. The number of amides is 11. The molecule has 10 heterocycles. The highest BCUT2D eigenvalue weighted by atomic mass is 32.2. The summed E-state index contributed by atoms with van der Waals surface area (Å²) in [7, 11) is 0.704. The first-order valence-corrected chi connectivity index (χ1v) is 41.3. The molecule has 40 atom stereocenters. The summed E-state index contributed by atoms with van der Waals surface area (Å²) in [4.78, 5) is 160. The van der Waals surface area contributed by atoms with Crippen molar-refractivity contribution < 1.29 is 221 Å². The van der Waals surface area contributed by atoms with E-state index in [0.717, 1.165) is 46.4 Å². The molecule has 0 aromatic carbocycles. The predicted molar refractivity (Wildman–Crippen MR) is 406 cm³/mol. The number of hydrogen-bond donors (Lipinski definition) is 25. The monoisotopic (exact) mass is 1840 g/mol. The van der Waals surface area contributed by atoms with E-state index in [1.807, 2.05) is 0 Å². The highest BCUT2D eigenvalue weighted by Crippen LogP contribution is 2.39. The zero-order valence-electron chi connectivity index (χ0n) is 67.2. The van der Waals surface area contributed by atoms with Gasteiger partial charge >= 0.3 is 27.8 Å². The van der Waals surface area contributed by atoms with Crippen LogP contribution in [0.3, 0.4) is 0 Å². The number of aliphatic hydroxyl groups excluding tert-OH is 17. The van der Waals surface area contributed by atoms with Crippen molar-refractivity contribution in [1.82, 2.24) is 46.6 Å². The summed E-state index contributed by atoms with van der Waals surface area (Å²) in [6.07, 6.45) is -72.3. The van der Waals surface area contributed by atoms with Crippen LogP contribution in [0.4, 0.5) is 0 Å². The molecule has 10 aliphatic rings. The Labute approximate surface area is 718 Å². The van der Waals surface area contributed by atoms with E-state index < -0.39 is 376 Å². The molecule has 0 aromatic heterocycles. The Hall–Kier alpha value is -6.28. The molecule has 11 amide bonds. The van der Waals surface area contributed by atoms with Crippen molar-refractivity contribution >= 4 is 123 Å². The molecule has 54 nitrogen and oxygen atoms in total. The molecule has 0 saturated carbocycles. The van der Waals surface area contributed by atoms with Gasteiger partial charge in [0, 0.05) is 47.6 Å². The van der Waals surface area contributed by atoms with Gasteiger partial charge in [0.05, 0.1) is 62.2 Å². The number of carbonyl (C=O) groups excluding carboxylic acids is 11. The van der Waals surface area contributed by atoms with Crippen molar-refractivity contribution in [2.24, 2.45) is 0 Å². The Bertz CT molecular complexity index is 3810. The molecule has 10 rings (SSSR count). The number of ether oxygens (including phenoxy) is 15. The van der Waals surface area contributed by atoms with Gasteiger partial charge in [-0.05, 0) is 0 Å². The fourth-order valence-corrected chi connectivity index (χ4v) is 17.2. The summed E-state index contributed by atoms with van der Waals surface area (Å²) in [5.41, 5.74) is 0. The molecule has 40 unspecified atom stereocenters. The van der Waals surface area contributed by atoms with Gasteiger partial charge < -0.3 is 210 Å². The Morgan fingerprint density at radius 2 is 0.736 bits per heavy atom. The van der Waals surface area contributed by atoms with Gasteiger partial charge in [0.1, 0.15) is 159 Å². The Morgan fingerprint density at radius 1 is 0.400 bits per heavy atom. The number of rotatable bonds is 33. The van der Waals surface area contributed by atoms with Crippen LogP contribution in [0.5, 0.6) is 0 Å². The van der Waals surface area contributed by atoms with Crippen LogP contribution in [0.25, 0.3) is 0 Å². The van der Waals surface area contributed by atoms with Crippen LogP contribution in [0.2, 0.25) is 0 Å². The number of nitrogens with one attached hydrogen (secondary N) is 7. The summed E-state index contributed by atoms with van der Waals surface area (Å²) >= 11 is 1.65. The second kappa shape index (κ2) is 44.1. The van der Waals surface area contributed by atoms with E-state index in [4.69, 9.17) is 71.1 Å². The highest BCUT2D eigenvalue weighted by Gasteiger charge is 2.61. The van der Waals surface area contributed by atoms with Crippen LogP contribution < -0.4 is 37.0 Å². The third-order valence-electron chi connectivity index (χ3n) is 22.1. The van der Waals surface area contributed by atoms with Gasteiger partial charge in [-0.1, -0.05) is 0 Å². The number of hydrogen-bond acceptors (Lipinski definition) is 46. The van der Waals surface area contributed by atoms with Gasteiger partial charge in [-0.3, -0.25) is 52.7 Å². The number of methoxy groups -OCH3 is 1. The van der Waals surface area contributed by atoms with E-state index in [0.29, 0.717) is 21.2 Å². The van der Waals surface area contributed by atoms with Gasteiger partial charge in [-0.15, -0.1) is 0 Å². The number of aliphatic carboxylic acids is 1. The number of imide groups is 2. The van der Waals surface area contributed by atoms with Crippen LogP contribution in [0.1, 0.15) is 40.5 Å². The molecule has 0 radical (unpaired) electrons. The third-order valence-corrected chi connectivity index (χ3v) is 24.1. The zero-order valence-corrected chi connectivity index (χ0v) is 68.8. The molecule has 0 bridgehead atoms. The minimum absolute atomic E-state index is 0.258. The quantitative estimate of drug-likeness (QED) is 0.0214. The molecule has 10 fully saturated rings. The zero-order chi connectivity index (χ0) is 91.9. The number of aliphatic hydroxyl groups is 17. The van der Waals surface area contributed by atoms with Crippen molar-refractivity contribution in [1.29, 1.82) is 0 Å². The molecular formula is C65H101B4N9O45S2. The smallest absolute Gasteiger partial charge is 0.366 e. The summed E-state index contributed by atoms with van der Waals surface area (Å²) in [5, 5.41) is 215. The van der Waals surface area contributed by atoms with E-state index >= 15 is 0 Å². The number of carboxylic acid groups (broad SMARTS) is 1. The lowest BCUT2D eigenvalue weighted by atomic mass is 9.93. The lowest BCUT2D eigenvalue weighted by molar-refractivity contribution is -0.365. The average molecular weight is 1840 g/mol. The SMILES string of the molecule is BSC1CC(=O)N(BNC(=O)C2OC(OC3C(NC(C)=O)COC(CO)C3O)C(O)C(O)C2OC2OC(CO)C(O)C(OC3OC(C(=O)NBN4C(=O)CC(SBNC(=O)C5OC(OC6C(O)C(CO)OC(OC7C(C(=O)O)OC(OC8C(NC(C)=O)COC(CO)C8O)C(O)C7O)C6NC(C)=O)C(O)C(O)C5OC)C4=O)C(O)C(O)C3O)C2NC(C)=O)C1=O. The van der Waals surface area contributed by atoms with Gasteiger partial charge in [-0.2, -0.15) is 11.6 Å². The Balaban J connectivity index is 0.778. The Kier molecular flexibility index (Phi) is 35.6. The molecule has 25 N–H and O–H groups in total. The molecule has 60 heteroatoms. The normalized spacial score (nSPS) is 42.4. The second-order valence-corrected chi connectivity index (χ2v) is 32.8. The summed E-state index contributed by atoms with van der Waals surface area (Å²) in [6.45, 7) is -1.19. The summed E-state index contributed by atoms with van der Waals surface area (Å²) in [6, 6.07) is -6.39. The van der Waals surface area contributed by atoms with E-state index in [-0.39, 0.29) is 13.0 Å². The lowest BCUT2D eigenvalue weighted by Gasteiger charge is -2.50. The predicted octanol–water partition coefficient (Wildman–Crippen LogP) is -21.4. The summed E-state index contributed by atoms with van der Waals surface area (Å²) < 4.78 is 86.5. The molecule has 0 spiro atoms. The fourth-order valence-electron chi connectivity index (χ4n) is 15.6. The first kappa shape index (κ1) is 101. The topological polar surface area (TPSA) is 798 Å². The fraction of sp³-hybridized carbons (Fsp3) is 0.815. The highest BCUT2D eigenvalue weighted by molar-refractivity contribution is 8.23. The number of carbonyl (C=O) groups is 12. The Morgan fingerprint density at radius 3 is 1.13 bits per heavy atom. The number of nitrogens with zero attached hydrogens (tertiary/aromatic N) is 2.